The lowest BCUT2D eigenvalue weighted by molar-refractivity contribution is -0.132. The number of rotatable bonds is 5. The molecule has 0 bridgehead atoms. The fourth-order valence-electron chi connectivity index (χ4n) is 4.22. The lowest BCUT2D eigenvalue weighted by Crippen LogP contribution is -2.29. The van der Waals surface area contributed by atoms with Gasteiger partial charge in [-0.15, -0.1) is 11.3 Å². The molecule has 3 aromatic rings. The van der Waals surface area contributed by atoms with E-state index in [-0.39, 0.29) is 16.7 Å². The van der Waals surface area contributed by atoms with Gasteiger partial charge in [0, 0.05) is 21.7 Å². The highest BCUT2D eigenvalue weighted by Crippen LogP contribution is 2.44. The van der Waals surface area contributed by atoms with Crippen LogP contribution in [-0.4, -0.2) is 23.4 Å². The topological polar surface area (TPSA) is 66.8 Å². The predicted molar refractivity (Wildman–Crippen MR) is 137 cm³/mol. The molecule has 176 valence electrons. The second-order valence-electron chi connectivity index (χ2n) is 9.41. The van der Waals surface area contributed by atoms with Crippen LogP contribution in [0, 0.1) is 6.92 Å². The molecule has 1 amide bonds. The minimum Gasteiger partial charge on any atom is -0.507 e. The quantitative estimate of drug-likeness (QED) is 0.264. The fraction of sp³-hybridized carbons (Fsp3) is 0.286. The molecule has 0 saturated carbocycles. The Balaban J connectivity index is 1.91. The minimum absolute atomic E-state index is 0.0945. The number of benzene rings is 2. The number of aliphatic hydroxyl groups excluding tert-OH is 1. The third-order valence-electron chi connectivity index (χ3n) is 5.93. The van der Waals surface area contributed by atoms with Crippen molar-refractivity contribution in [2.24, 2.45) is 0 Å². The number of anilines is 1. The van der Waals surface area contributed by atoms with Gasteiger partial charge >= 0.3 is 0 Å². The molecule has 0 aliphatic carbocycles. The SMILES string of the molecule is CCOc1ccc(/C(O)=C2/C(=O)C(=O)N(c3ccc(C)cc3)C2c2cccs2)cc1C(C)(C)C. The summed E-state index contributed by atoms with van der Waals surface area (Å²) in [4.78, 5) is 28.8. The number of hydrogen-bond donors (Lipinski definition) is 1. The summed E-state index contributed by atoms with van der Waals surface area (Å²) in [6.07, 6.45) is 0. The highest BCUT2D eigenvalue weighted by atomic mass is 32.1. The second-order valence-corrected chi connectivity index (χ2v) is 10.4. The van der Waals surface area contributed by atoms with Gasteiger partial charge in [0.05, 0.1) is 12.2 Å². The summed E-state index contributed by atoms with van der Waals surface area (Å²) in [5.41, 5.74) is 2.92. The van der Waals surface area contributed by atoms with Crippen LogP contribution in [0.4, 0.5) is 5.69 Å². The molecule has 6 heteroatoms. The number of ether oxygens (including phenoxy) is 1. The van der Waals surface area contributed by atoms with Gasteiger partial charge in [-0.05, 0) is 61.0 Å². The van der Waals surface area contributed by atoms with Gasteiger partial charge in [-0.2, -0.15) is 0 Å². The number of aliphatic hydroxyl groups is 1. The van der Waals surface area contributed by atoms with E-state index in [0.29, 0.717) is 17.9 Å². The molecular weight excluding hydrogens is 446 g/mol. The lowest BCUT2D eigenvalue weighted by atomic mass is 9.84. The monoisotopic (exact) mass is 475 g/mol. The molecule has 1 aliphatic rings. The standard InChI is InChI=1S/C28H29NO4S/c1-6-33-21-14-11-18(16-20(21)28(3,4)5)25(30)23-24(22-8-7-15-34-22)29(27(32)26(23)31)19-12-9-17(2)10-13-19/h7-16,24,30H,6H2,1-5H3/b25-23-. The molecule has 1 saturated heterocycles. The van der Waals surface area contributed by atoms with E-state index in [2.05, 4.69) is 20.8 Å². The van der Waals surface area contributed by atoms with Crippen LogP contribution in [0.1, 0.15) is 55.3 Å². The number of carbonyl (C=O) groups excluding carboxylic acids is 2. The zero-order chi connectivity index (χ0) is 24.6. The van der Waals surface area contributed by atoms with Crippen LogP contribution in [0.2, 0.25) is 0 Å². The summed E-state index contributed by atoms with van der Waals surface area (Å²) < 4.78 is 5.80. The Morgan fingerprint density at radius 2 is 1.79 bits per heavy atom. The Bertz CT molecular complexity index is 1250. The van der Waals surface area contributed by atoms with Gasteiger partial charge in [-0.1, -0.05) is 44.5 Å². The first-order valence-electron chi connectivity index (χ1n) is 11.3. The molecule has 1 unspecified atom stereocenters. The Morgan fingerprint density at radius 3 is 2.38 bits per heavy atom. The molecule has 0 radical (unpaired) electrons. The maximum Gasteiger partial charge on any atom is 0.300 e. The molecule has 1 N–H and O–H groups in total. The Labute approximate surface area is 204 Å². The molecule has 2 heterocycles. The van der Waals surface area contributed by atoms with E-state index in [1.54, 1.807) is 6.07 Å². The van der Waals surface area contributed by atoms with E-state index in [1.807, 2.05) is 67.8 Å². The smallest absolute Gasteiger partial charge is 0.300 e. The minimum atomic E-state index is -0.702. The summed E-state index contributed by atoms with van der Waals surface area (Å²) in [5.74, 6) is -0.783. The summed E-state index contributed by atoms with van der Waals surface area (Å²) in [6, 6.07) is 15.9. The number of hydrogen-bond acceptors (Lipinski definition) is 5. The van der Waals surface area contributed by atoms with Gasteiger partial charge in [-0.25, -0.2) is 0 Å². The van der Waals surface area contributed by atoms with Crippen LogP contribution in [0.5, 0.6) is 5.75 Å². The Kier molecular flexibility index (Phi) is 6.36. The molecule has 1 atom stereocenters. The zero-order valence-electron chi connectivity index (χ0n) is 20.1. The van der Waals surface area contributed by atoms with E-state index >= 15 is 0 Å². The molecule has 5 nitrogen and oxygen atoms in total. The molecule has 2 aromatic carbocycles. The number of ketones is 1. The first-order chi connectivity index (χ1) is 16.1. The number of Topliss-reactive ketones (excluding diaryl/α,β-unsaturated/α-hetero) is 1. The van der Waals surface area contributed by atoms with Crippen molar-refractivity contribution >= 4 is 34.5 Å². The Morgan fingerprint density at radius 1 is 1.09 bits per heavy atom. The van der Waals surface area contributed by atoms with Crippen molar-refractivity contribution in [1.29, 1.82) is 0 Å². The van der Waals surface area contributed by atoms with Crippen LogP contribution in [0.3, 0.4) is 0 Å². The average Bonchev–Trinajstić information content (AvgIpc) is 3.41. The first kappa shape index (κ1) is 23.8. The van der Waals surface area contributed by atoms with Gasteiger partial charge in [0.15, 0.2) is 0 Å². The van der Waals surface area contributed by atoms with E-state index in [0.717, 1.165) is 21.8 Å². The van der Waals surface area contributed by atoms with Crippen molar-refractivity contribution in [2.75, 3.05) is 11.5 Å². The number of aryl methyl sites for hydroxylation is 1. The average molecular weight is 476 g/mol. The highest BCUT2D eigenvalue weighted by Gasteiger charge is 2.47. The second kappa shape index (κ2) is 9.11. The molecule has 1 aliphatic heterocycles. The number of nitrogens with zero attached hydrogens (tertiary/aromatic N) is 1. The largest absolute Gasteiger partial charge is 0.507 e. The molecule has 0 spiro atoms. The number of amides is 1. The predicted octanol–water partition coefficient (Wildman–Crippen LogP) is 6.38. The van der Waals surface area contributed by atoms with E-state index in [4.69, 9.17) is 4.74 Å². The summed E-state index contributed by atoms with van der Waals surface area (Å²) in [5, 5.41) is 13.3. The summed E-state index contributed by atoms with van der Waals surface area (Å²) >= 11 is 1.45. The van der Waals surface area contributed by atoms with Crippen molar-refractivity contribution in [3.63, 3.8) is 0 Å². The van der Waals surface area contributed by atoms with E-state index in [9.17, 15) is 14.7 Å². The summed E-state index contributed by atoms with van der Waals surface area (Å²) in [6.45, 7) is 10.6. The lowest BCUT2D eigenvalue weighted by Gasteiger charge is -2.25. The molecule has 1 fully saturated rings. The zero-order valence-corrected chi connectivity index (χ0v) is 20.9. The van der Waals surface area contributed by atoms with Crippen LogP contribution in [-0.2, 0) is 15.0 Å². The Hall–Kier alpha value is -3.38. The molecule has 34 heavy (non-hydrogen) atoms. The van der Waals surface area contributed by atoms with Crippen LogP contribution < -0.4 is 9.64 Å². The van der Waals surface area contributed by atoms with Crippen molar-refractivity contribution in [3.05, 3.63) is 87.1 Å². The third kappa shape index (κ3) is 4.26. The number of thiophene rings is 1. The van der Waals surface area contributed by atoms with Gasteiger partial charge < -0.3 is 9.84 Å². The van der Waals surface area contributed by atoms with Gasteiger partial charge in [0.2, 0.25) is 0 Å². The molecule has 4 rings (SSSR count). The third-order valence-corrected chi connectivity index (χ3v) is 6.85. The van der Waals surface area contributed by atoms with Crippen molar-refractivity contribution in [1.82, 2.24) is 0 Å². The summed E-state index contributed by atoms with van der Waals surface area (Å²) in [7, 11) is 0. The number of carbonyl (C=O) groups is 2. The van der Waals surface area contributed by atoms with Crippen molar-refractivity contribution < 1.29 is 19.4 Å². The van der Waals surface area contributed by atoms with Crippen molar-refractivity contribution in [3.8, 4) is 5.75 Å². The fourth-order valence-corrected chi connectivity index (χ4v) is 5.04. The van der Waals surface area contributed by atoms with Gasteiger partial charge in [-0.3, -0.25) is 14.5 Å². The van der Waals surface area contributed by atoms with Crippen LogP contribution in [0.15, 0.2) is 65.6 Å². The normalized spacial score (nSPS) is 17.9. The van der Waals surface area contributed by atoms with Gasteiger partial charge in [0.1, 0.15) is 17.6 Å². The maximum absolute atomic E-state index is 13.3. The molecule has 1 aromatic heterocycles. The van der Waals surface area contributed by atoms with Gasteiger partial charge in [0.25, 0.3) is 11.7 Å². The molecular formula is C28H29NO4S. The van der Waals surface area contributed by atoms with Crippen molar-refractivity contribution in [2.45, 2.75) is 46.1 Å². The maximum atomic E-state index is 13.3. The van der Waals surface area contributed by atoms with E-state index < -0.39 is 17.7 Å². The van der Waals surface area contributed by atoms with Crippen LogP contribution >= 0.6 is 11.3 Å². The first-order valence-corrected chi connectivity index (χ1v) is 12.2. The van der Waals surface area contributed by atoms with Crippen LogP contribution in [0.25, 0.3) is 5.76 Å². The van der Waals surface area contributed by atoms with E-state index in [1.165, 1.54) is 16.2 Å². The highest BCUT2D eigenvalue weighted by molar-refractivity contribution is 7.10.